The Morgan fingerprint density at radius 3 is 2.83 bits per heavy atom. The number of benzene rings is 1. The smallest absolute Gasteiger partial charge is 0.241 e. The van der Waals surface area contributed by atoms with Crippen LogP contribution in [0.25, 0.3) is 10.2 Å². The van der Waals surface area contributed by atoms with E-state index in [-0.39, 0.29) is 5.75 Å². The molecule has 1 amide bonds. The molecule has 0 aliphatic heterocycles. The molecule has 0 aliphatic carbocycles. The van der Waals surface area contributed by atoms with E-state index in [2.05, 4.69) is 10.3 Å². The predicted octanol–water partition coefficient (Wildman–Crippen LogP) is 2.85. The Labute approximate surface area is 139 Å². The quantitative estimate of drug-likeness (QED) is 0.735. The number of nitrogens with one attached hydrogen (secondary N) is 1. The zero-order valence-electron chi connectivity index (χ0n) is 13.2. The topological polar surface area (TPSA) is 85.4 Å². The van der Waals surface area contributed by atoms with Crippen molar-refractivity contribution in [2.24, 2.45) is 0 Å². The van der Waals surface area contributed by atoms with E-state index >= 15 is 0 Å². The van der Waals surface area contributed by atoms with Crippen LogP contribution < -0.4 is 10.1 Å². The standard InChI is InChI=1S/C15H20N2O4S2/c1-3-4-5-8-23(19,20)10-14(18)17-15-16-12-7-6-11(21-2)9-13(12)22-15/h6-7,9H,3-5,8,10H2,1-2H3,(H,16,17,18). The first-order valence-corrected chi connectivity index (χ1v) is 10.0. The zero-order chi connectivity index (χ0) is 16.9. The van der Waals surface area contributed by atoms with Crippen molar-refractivity contribution < 1.29 is 17.9 Å². The number of hydrogen-bond donors (Lipinski definition) is 1. The Balaban J connectivity index is 2.00. The van der Waals surface area contributed by atoms with Gasteiger partial charge in [0.25, 0.3) is 0 Å². The lowest BCUT2D eigenvalue weighted by molar-refractivity contribution is -0.113. The number of rotatable bonds is 8. The summed E-state index contributed by atoms with van der Waals surface area (Å²) in [4.78, 5) is 16.2. The summed E-state index contributed by atoms with van der Waals surface area (Å²) in [6.45, 7) is 2.00. The molecule has 1 heterocycles. The van der Waals surface area contributed by atoms with Crippen molar-refractivity contribution in [3.8, 4) is 5.75 Å². The fourth-order valence-corrected chi connectivity index (χ4v) is 4.26. The molecular formula is C15H20N2O4S2. The van der Waals surface area contributed by atoms with Gasteiger partial charge >= 0.3 is 0 Å². The number of fused-ring (bicyclic) bond motifs is 1. The molecule has 126 valence electrons. The number of anilines is 1. The Morgan fingerprint density at radius 1 is 1.35 bits per heavy atom. The fraction of sp³-hybridized carbons (Fsp3) is 0.467. The maximum atomic E-state index is 11.9. The molecule has 0 spiro atoms. The highest BCUT2D eigenvalue weighted by Gasteiger charge is 2.17. The summed E-state index contributed by atoms with van der Waals surface area (Å²) in [6.07, 6.45) is 2.38. The summed E-state index contributed by atoms with van der Waals surface area (Å²) in [6, 6.07) is 5.40. The van der Waals surface area contributed by atoms with Crippen molar-refractivity contribution in [3.05, 3.63) is 18.2 Å². The Bertz CT molecular complexity index is 784. The molecule has 23 heavy (non-hydrogen) atoms. The van der Waals surface area contributed by atoms with E-state index in [0.717, 1.165) is 23.1 Å². The molecule has 0 saturated carbocycles. The Morgan fingerprint density at radius 2 is 2.13 bits per heavy atom. The lowest BCUT2D eigenvalue weighted by atomic mass is 10.3. The van der Waals surface area contributed by atoms with Gasteiger partial charge in [0, 0.05) is 0 Å². The average molecular weight is 356 g/mol. The van der Waals surface area contributed by atoms with Crippen LogP contribution in [0, 0.1) is 0 Å². The molecular weight excluding hydrogens is 336 g/mol. The van der Waals surface area contributed by atoms with Crippen LogP contribution in [0.15, 0.2) is 18.2 Å². The van der Waals surface area contributed by atoms with Crippen molar-refractivity contribution in [2.75, 3.05) is 23.9 Å². The third-order valence-corrected chi connectivity index (χ3v) is 5.80. The summed E-state index contributed by atoms with van der Waals surface area (Å²) in [7, 11) is -1.79. The minimum Gasteiger partial charge on any atom is -0.497 e. The number of ether oxygens (including phenoxy) is 1. The summed E-state index contributed by atoms with van der Waals surface area (Å²) in [5.74, 6) is -0.300. The van der Waals surface area contributed by atoms with Gasteiger partial charge in [-0.1, -0.05) is 31.1 Å². The van der Waals surface area contributed by atoms with E-state index in [1.54, 1.807) is 19.2 Å². The SMILES string of the molecule is CCCCCS(=O)(=O)CC(=O)Nc1nc2ccc(OC)cc2s1. The monoisotopic (exact) mass is 356 g/mol. The molecule has 0 unspecified atom stereocenters. The molecule has 0 bridgehead atoms. The van der Waals surface area contributed by atoms with Gasteiger partial charge in [-0.2, -0.15) is 0 Å². The first-order valence-electron chi connectivity index (χ1n) is 7.38. The van der Waals surface area contributed by atoms with Crippen molar-refractivity contribution >= 4 is 42.4 Å². The number of methoxy groups -OCH3 is 1. The Kier molecular flexibility index (Phi) is 5.95. The van der Waals surface area contributed by atoms with Crippen LogP contribution in [0.1, 0.15) is 26.2 Å². The van der Waals surface area contributed by atoms with Gasteiger partial charge in [-0.05, 0) is 24.6 Å². The third-order valence-electron chi connectivity index (χ3n) is 3.25. The lowest BCUT2D eigenvalue weighted by Gasteiger charge is -2.03. The predicted molar refractivity (Wildman–Crippen MR) is 93.0 cm³/mol. The van der Waals surface area contributed by atoms with Gasteiger partial charge in [0.05, 0.1) is 23.1 Å². The molecule has 1 aromatic carbocycles. The van der Waals surface area contributed by atoms with Gasteiger partial charge in [0.15, 0.2) is 15.0 Å². The van der Waals surface area contributed by atoms with E-state index < -0.39 is 21.5 Å². The van der Waals surface area contributed by atoms with Crippen LogP contribution >= 0.6 is 11.3 Å². The Hall–Kier alpha value is -1.67. The molecule has 0 atom stereocenters. The van der Waals surface area contributed by atoms with Gasteiger partial charge in [0.2, 0.25) is 5.91 Å². The van der Waals surface area contributed by atoms with Crippen LogP contribution in [-0.2, 0) is 14.6 Å². The lowest BCUT2D eigenvalue weighted by Crippen LogP contribution is -2.24. The minimum atomic E-state index is -3.37. The van der Waals surface area contributed by atoms with Crippen LogP contribution in [0.5, 0.6) is 5.75 Å². The number of carbonyl (C=O) groups excluding carboxylic acids is 1. The maximum Gasteiger partial charge on any atom is 0.241 e. The second-order valence-electron chi connectivity index (χ2n) is 5.20. The van der Waals surface area contributed by atoms with Crippen molar-refractivity contribution in [1.29, 1.82) is 0 Å². The number of hydrogen-bond acceptors (Lipinski definition) is 6. The van der Waals surface area contributed by atoms with E-state index in [1.807, 2.05) is 13.0 Å². The molecule has 0 fully saturated rings. The number of unbranched alkanes of at least 4 members (excludes halogenated alkanes) is 2. The number of nitrogens with zero attached hydrogens (tertiary/aromatic N) is 1. The van der Waals surface area contributed by atoms with Gasteiger partial charge in [0.1, 0.15) is 11.5 Å². The summed E-state index contributed by atoms with van der Waals surface area (Å²) in [5, 5.41) is 2.95. The fourth-order valence-electron chi connectivity index (χ4n) is 2.08. The molecule has 0 aliphatic rings. The molecule has 1 aromatic heterocycles. The number of aromatic nitrogens is 1. The first kappa shape index (κ1) is 17.7. The zero-order valence-corrected chi connectivity index (χ0v) is 14.8. The van der Waals surface area contributed by atoms with E-state index in [1.165, 1.54) is 11.3 Å². The highest BCUT2D eigenvalue weighted by atomic mass is 32.2. The van der Waals surface area contributed by atoms with Gasteiger partial charge in [-0.25, -0.2) is 13.4 Å². The van der Waals surface area contributed by atoms with E-state index in [4.69, 9.17) is 4.74 Å². The largest absolute Gasteiger partial charge is 0.497 e. The average Bonchev–Trinajstić information content (AvgIpc) is 2.87. The molecule has 0 radical (unpaired) electrons. The normalized spacial score (nSPS) is 11.6. The van der Waals surface area contributed by atoms with Gasteiger partial charge in [-0.15, -0.1) is 0 Å². The number of thiazole rings is 1. The molecule has 2 rings (SSSR count). The summed E-state index contributed by atoms with van der Waals surface area (Å²) < 4.78 is 29.7. The van der Waals surface area contributed by atoms with Crippen LogP contribution in [-0.4, -0.2) is 37.9 Å². The van der Waals surface area contributed by atoms with E-state index in [9.17, 15) is 13.2 Å². The van der Waals surface area contributed by atoms with Crippen LogP contribution in [0.4, 0.5) is 5.13 Å². The molecule has 0 saturated heterocycles. The minimum absolute atomic E-state index is 0.0469. The van der Waals surface area contributed by atoms with Crippen molar-refractivity contribution in [3.63, 3.8) is 0 Å². The number of amides is 1. The maximum absolute atomic E-state index is 11.9. The summed E-state index contributed by atoms with van der Waals surface area (Å²) in [5.41, 5.74) is 0.733. The molecule has 8 heteroatoms. The highest BCUT2D eigenvalue weighted by Crippen LogP contribution is 2.29. The van der Waals surface area contributed by atoms with Gasteiger partial charge < -0.3 is 10.1 Å². The molecule has 1 N–H and O–H groups in total. The third kappa shape index (κ3) is 5.18. The van der Waals surface area contributed by atoms with Crippen molar-refractivity contribution in [2.45, 2.75) is 26.2 Å². The van der Waals surface area contributed by atoms with Crippen LogP contribution in [0.3, 0.4) is 0 Å². The second-order valence-corrected chi connectivity index (χ2v) is 8.41. The van der Waals surface area contributed by atoms with Gasteiger partial charge in [-0.3, -0.25) is 4.79 Å². The first-order chi connectivity index (χ1) is 10.9. The van der Waals surface area contributed by atoms with Crippen LogP contribution in [0.2, 0.25) is 0 Å². The summed E-state index contributed by atoms with van der Waals surface area (Å²) >= 11 is 1.28. The second kappa shape index (κ2) is 7.74. The van der Waals surface area contributed by atoms with Crippen molar-refractivity contribution in [1.82, 2.24) is 4.98 Å². The molecule has 2 aromatic rings. The molecule has 6 nitrogen and oxygen atoms in total. The number of sulfone groups is 1. The van der Waals surface area contributed by atoms with E-state index in [0.29, 0.717) is 17.3 Å². The highest BCUT2D eigenvalue weighted by molar-refractivity contribution is 7.92. The number of carbonyl (C=O) groups is 1.